The molecule has 162 valence electrons. The fourth-order valence-electron chi connectivity index (χ4n) is 3.90. The molecule has 0 unspecified atom stereocenters. The summed E-state index contributed by atoms with van der Waals surface area (Å²) in [5.41, 5.74) is 3.49. The van der Waals surface area contributed by atoms with Crippen LogP contribution in [0.1, 0.15) is 33.0 Å². The number of piperazine rings is 1. The third-order valence-corrected chi connectivity index (χ3v) is 5.64. The van der Waals surface area contributed by atoms with E-state index in [9.17, 15) is 4.79 Å². The highest BCUT2D eigenvalue weighted by Gasteiger charge is 2.24. The zero-order chi connectivity index (χ0) is 21.8. The van der Waals surface area contributed by atoms with E-state index in [4.69, 9.17) is 20.8 Å². The third kappa shape index (κ3) is 5.69. The van der Waals surface area contributed by atoms with Crippen LogP contribution in [0.4, 0.5) is 0 Å². The molecule has 0 saturated carbocycles. The number of carbonyl (C=O) groups is 1. The van der Waals surface area contributed by atoms with Crippen molar-refractivity contribution in [2.45, 2.75) is 27.0 Å². The van der Waals surface area contributed by atoms with Crippen molar-refractivity contribution in [3.8, 4) is 5.75 Å². The van der Waals surface area contributed by atoms with E-state index in [1.807, 2.05) is 55.1 Å². The molecule has 0 aliphatic carbocycles. The zero-order valence-corrected chi connectivity index (χ0v) is 18.7. The van der Waals surface area contributed by atoms with Gasteiger partial charge in [-0.05, 0) is 66.9 Å². The minimum atomic E-state index is -0.0694. The van der Waals surface area contributed by atoms with Crippen LogP contribution in [-0.2, 0) is 13.2 Å². The summed E-state index contributed by atoms with van der Waals surface area (Å²) in [5, 5.41) is 0.751. The number of halogens is 1. The lowest BCUT2D eigenvalue weighted by Crippen LogP contribution is -2.48. The summed E-state index contributed by atoms with van der Waals surface area (Å²) in [7, 11) is 0. The number of ether oxygens (including phenoxy) is 1. The average molecular weight is 439 g/mol. The summed E-state index contributed by atoms with van der Waals surface area (Å²) in [6.45, 7) is 8.20. The van der Waals surface area contributed by atoms with Crippen molar-refractivity contribution >= 4 is 17.5 Å². The number of hydrogen-bond acceptors (Lipinski definition) is 4. The van der Waals surface area contributed by atoms with Crippen LogP contribution in [0.25, 0.3) is 0 Å². The highest BCUT2D eigenvalue weighted by Crippen LogP contribution is 2.20. The molecule has 2 heterocycles. The third-order valence-electron chi connectivity index (χ3n) is 5.40. The largest absolute Gasteiger partial charge is 0.486 e. The first kappa shape index (κ1) is 21.5. The fourth-order valence-corrected chi connectivity index (χ4v) is 4.11. The molecule has 2 aromatic carbocycles. The Morgan fingerprint density at radius 2 is 1.74 bits per heavy atom. The average Bonchev–Trinajstić information content (AvgIpc) is 3.21. The molecule has 5 nitrogen and oxygen atoms in total. The van der Waals surface area contributed by atoms with Crippen LogP contribution in [0.5, 0.6) is 5.75 Å². The van der Waals surface area contributed by atoms with Crippen LogP contribution < -0.4 is 4.74 Å². The fraction of sp³-hybridized carbons (Fsp3) is 0.320. The van der Waals surface area contributed by atoms with Crippen molar-refractivity contribution in [1.29, 1.82) is 0 Å². The van der Waals surface area contributed by atoms with Crippen LogP contribution in [0, 0.1) is 13.8 Å². The van der Waals surface area contributed by atoms with E-state index < -0.39 is 0 Å². The van der Waals surface area contributed by atoms with Crippen LogP contribution in [0.2, 0.25) is 5.02 Å². The van der Waals surface area contributed by atoms with Crippen LogP contribution in [0.15, 0.2) is 59.0 Å². The number of hydrogen-bond donors (Lipinski definition) is 0. The normalized spacial score (nSPS) is 14.6. The number of carbonyl (C=O) groups excluding carboxylic acids is 1. The molecule has 1 amide bonds. The van der Waals surface area contributed by atoms with Gasteiger partial charge < -0.3 is 14.1 Å². The van der Waals surface area contributed by atoms with Crippen LogP contribution >= 0.6 is 11.6 Å². The summed E-state index contributed by atoms with van der Waals surface area (Å²) in [6.07, 6.45) is 0. The van der Waals surface area contributed by atoms with Gasteiger partial charge in [-0.25, -0.2) is 0 Å². The smallest absolute Gasteiger partial charge is 0.289 e. The molecule has 1 aliphatic heterocycles. The van der Waals surface area contributed by atoms with Gasteiger partial charge in [0.1, 0.15) is 18.1 Å². The molecule has 1 fully saturated rings. The predicted octanol–water partition coefficient (Wildman–Crippen LogP) is 5.09. The Kier molecular flexibility index (Phi) is 6.64. The van der Waals surface area contributed by atoms with Crippen molar-refractivity contribution < 1.29 is 13.9 Å². The molecule has 31 heavy (non-hydrogen) atoms. The topological polar surface area (TPSA) is 45.9 Å². The molecular weight excluding hydrogens is 412 g/mol. The van der Waals surface area contributed by atoms with Gasteiger partial charge in [0.15, 0.2) is 5.76 Å². The lowest BCUT2D eigenvalue weighted by Gasteiger charge is -2.34. The molecule has 0 atom stereocenters. The predicted molar refractivity (Wildman–Crippen MR) is 122 cm³/mol. The van der Waals surface area contributed by atoms with Crippen LogP contribution in [0.3, 0.4) is 0 Å². The Morgan fingerprint density at radius 1 is 1.00 bits per heavy atom. The molecule has 0 spiro atoms. The SMILES string of the molecule is Cc1cc(C)cc(OCc2ccc(C(=O)N3CCN(Cc4cccc(Cl)c4)CC3)o2)c1. The van der Waals surface area contributed by atoms with Crippen molar-refractivity contribution in [3.63, 3.8) is 0 Å². The minimum absolute atomic E-state index is 0.0694. The summed E-state index contributed by atoms with van der Waals surface area (Å²) in [6, 6.07) is 17.5. The lowest BCUT2D eigenvalue weighted by atomic mass is 10.1. The molecule has 6 heteroatoms. The van der Waals surface area contributed by atoms with Gasteiger partial charge in [0.25, 0.3) is 5.91 Å². The summed E-state index contributed by atoms with van der Waals surface area (Å²) >= 11 is 6.08. The second kappa shape index (κ2) is 9.58. The number of benzene rings is 2. The number of rotatable bonds is 6. The number of nitrogens with zero attached hydrogens (tertiary/aromatic N) is 2. The quantitative estimate of drug-likeness (QED) is 0.538. The molecule has 4 rings (SSSR count). The van der Waals surface area contributed by atoms with E-state index in [0.717, 1.165) is 41.5 Å². The van der Waals surface area contributed by atoms with Crippen LogP contribution in [-0.4, -0.2) is 41.9 Å². The first-order valence-electron chi connectivity index (χ1n) is 10.5. The summed E-state index contributed by atoms with van der Waals surface area (Å²) < 4.78 is 11.6. The molecule has 0 radical (unpaired) electrons. The zero-order valence-electron chi connectivity index (χ0n) is 17.9. The Labute approximate surface area is 188 Å². The molecule has 1 aliphatic rings. The van der Waals surface area contributed by atoms with Gasteiger partial charge in [0.2, 0.25) is 0 Å². The van der Waals surface area contributed by atoms with Crippen molar-refractivity contribution in [3.05, 3.63) is 87.8 Å². The van der Waals surface area contributed by atoms with E-state index in [1.165, 1.54) is 5.56 Å². The Hall–Kier alpha value is -2.76. The van der Waals surface area contributed by atoms with E-state index >= 15 is 0 Å². The summed E-state index contributed by atoms with van der Waals surface area (Å²) in [5.74, 6) is 1.74. The molecular formula is C25H27ClN2O3. The van der Waals surface area contributed by atoms with E-state index in [2.05, 4.69) is 17.0 Å². The van der Waals surface area contributed by atoms with Crippen molar-refractivity contribution in [1.82, 2.24) is 9.80 Å². The highest BCUT2D eigenvalue weighted by atomic mass is 35.5. The van der Waals surface area contributed by atoms with Gasteiger partial charge in [0.05, 0.1) is 0 Å². The molecule has 0 N–H and O–H groups in total. The van der Waals surface area contributed by atoms with Gasteiger partial charge in [0, 0.05) is 37.7 Å². The minimum Gasteiger partial charge on any atom is -0.486 e. The maximum absolute atomic E-state index is 12.8. The Balaban J connectivity index is 1.29. The molecule has 3 aromatic rings. The first-order valence-corrected chi connectivity index (χ1v) is 10.9. The number of furan rings is 1. The van der Waals surface area contributed by atoms with Gasteiger partial charge in [-0.3, -0.25) is 9.69 Å². The second-order valence-electron chi connectivity index (χ2n) is 8.08. The monoisotopic (exact) mass is 438 g/mol. The second-order valence-corrected chi connectivity index (χ2v) is 8.51. The van der Waals surface area contributed by atoms with Gasteiger partial charge in [-0.15, -0.1) is 0 Å². The Bertz CT molecular complexity index is 1030. The van der Waals surface area contributed by atoms with Crippen molar-refractivity contribution in [2.24, 2.45) is 0 Å². The summed E-state index contributed by atoms with van der Waals surface area (Å²) in [4.78, 5) is 17.0. The maximum Gasteiger partial charge on any atom is 0.289 e. The van der Waals surface area contributed by atoms with E-state index in [1.54, 1.807) is 6.07 Å². The highest BCUT2D eigenvalue weighted by molar-refractivity contribution is 6.30. The first-order chi connectivity index (χ1) is 15.0. The number of aryl methyl sites for hydroxylation is 2. The molecule has 1 aromatic heterocycles. The van der Waals surface area contributed by atoms with Gasteiger partial charge in [-0.1, -0.05) is 29.8 Å². The standard InChI is InChI=1S/C25H27ClN2O3/c1-18-12-19(2)14-23(13-18)30-17-22-6-7-24(31-22)25(29)28-10-8-27(9-11-28)16-20-4-3-5-21(26)15-20/h3-7,12-15H,8-11,16-17H2,1-2H3. The van der Waals surface area contributed by atoms with E-state index in [0.29, 0.717) is 31.2 Å². The van der Waals surface area contributed by atoms with Crippen molar-refractivity contribution in [2.75, 3.05) is 26.2 Å². The number of amides is 1. The van der Waals surface area contributed by atoms with Gasteiger partial charge in [-0.2, -0.15) is 0 Å². The maximum atomic E-state index is 12.8. The van der Waals surface area contributed by atoms with E-state index in [-0.39, 0.29) is 5.91 Å². The Morgan fingerprint density at radius 3 is 2.45 bits per heavy atom. The van der Waals surface area contributed by atoms with Gasteiger partial charge >= 0.3 is 0 Å². The molecule has 0 bridgehead atoms. The lowest BCUT2D eigenvalue weighted by molar-refractivity contribution is 0.0594. The molecule has 1 saturated heterocycles.